The van der Waals surface area contributed by atoms with E-state index in [0.717, 1.165) is 78.3 Å². The Hall–Kier alpha value is -0.320. The van der Waals surface area contributed by atoms with Gasteiger partial charge in [-0.05, 0) is 25.9 Å². The summed E-state index contributed by atoms with van der Waals surface area (Å²) < 4.78 is 0. The number of nitrogens with two attached hydrogens (primary N) is 8. The first kappa shape index (κ1) is 25.6. The summed E-state index contributed by atoms with van der Waals surface area (Å²) in [5.41, 5.74) is 31.2. The van der Waals surface area contributed by atoms with Crippen LogP contribution in [0.2, 0.25) is 0 Å². The summed E-state index contributed by atoms with van der Waals surface area (Å²) >= 11 is 0. The van der Waals surface area contributed by atoms with E-state index in [4.69, 9.17) is 34.4 Å². The van der Waals surface area contributed by atoms with Gasteiger partial charge in [-0.3, -0.25) is 0 Å². The normalized spacial score (nSPS) is 9.43. The lowest BCUT2D eigenvalue weighted by molar-refractivity contribution is -0.650. The lowest BCUT2D eigenvalue weighted by atomic mass is 10.2. The van der Waals surface area contributed by atoms with Gasteiger partial charge < -0.3 is 45.0 Å². The molecular weight excluding hydrogens is 268 g/mol. The van der Waals surface area contributed by atoms with Crippen LogP contribution in [0.5, 0.6) is 0 Å². The van der Waals surface area contributed by atoms with E-state index >= 15 is 0 Å². The van der Waals surface area contributed by atoms with Crippen molar-refractivity contribution in [2.45, 2.75) is 19.3 Å². The molecule has 0 spiro atoms. The van der Waals surface area contributed by atoms with Gasteiger partial charge in [0.15, 0.2) is 0 Å². The van der Waals surface area contributed by atoms with Gasteiger partial charge in [0.05, 0.1) is 26.2 Å². The molecule has 0 unspecified atom stereocenters. The Balaban J connectivity index is -0.000000231. The Kier molecular flexibility index (Phi) is 38.9. The lowest BCUT2D eigenvalue weighted by Crippen LogP contribution is -2.86. The first-order chi connectivity index (χ1) is 10.2. The maximum atomic E-state index is 5.23. The summed E-state index contributed by atoms with van der Waals surface area (Å²) in [4.78, 5) is 0. The van der Waals surface area contributed by atoms with Crippen LogP contribution >= 0.6 is 0 Å². The molecular formula is C13H42N8+2. The largest absolute Gasteiger partial charge is 0.344 e. The van der Waals surface area contributed by atoms with Gasteiger partial charge in [-0.1, -0.05) is 6.42 Å². The van der Waals surface area contributed by atoms with Crippen molar-refractivity contribution in [3.63, 3.8) is 0 Å². The van der Waals surface area contributed by atoms with E-state index in [0.29, 0.717) is 0 Å². The molecule has 21 heavy (non-hydrogen) atoms. The van der Waals surface area contributed by atoms with Crippen molar-refractivity contribution in [2.24, 2.45) is 34.4 Å². The van der Waals surface area contributed by atoms with Crippen LogP contribution in [-0.4, -0.2) is 65.4 Å². The van der Waals surface area contributed by atoms with E-state index in [1.54, 1.807) is 0 Å². The molecule has 8 heteroatoms. The molecule has 0 aromatic heterocycles. The monoisotopic (exact) mass is 310 g/mol. The maximum Gasteiger partial charge on any atom is 0.0880 e. The predicted octanol–water partition coefficient (Wildman–Crippen LogP) is -4.99. The molecule has 0 radical (unpaired) electrons. The standard InChI is InChI=1S/C5H14N2.2C4H13N3/c6-4-2-1-3-5-7;2*5-1-3-7-4-2-6/h1-7H2;2*7H,1-6H2/p+2. The second-order valence-corrected chi connectivity index (χ2v) is 4.52. The molecule has 8 nitrogen and oxygen atoms in total. The number of hydrogen-bond acceptors (Lipinski definition) is 6. The molecule has 0 aliphatic rings. The highest BCUT2D eigenvalue weighted by Crippen LogP contribution is 1.88. The first-order valence-electron chi connectivity index (χ1n) is 8.08. The Labute approximate surface area is 130 Å². The Morgan fingerprint density at radius 3 is 0.857 bits per heavy atom. The zero-order valence-corrected chi connectivity index (χ0v) is 13.8. The lowest BCUT2D eigenvalue weighted by Gasteiger charge is -1.92. The van der Waals surface area contributed by atoms with Crippen LogP contribution in [0.1, 0.15) is 19.3 Å². The summed E-state index contributed by atoms with van der Waals surface area (Å²) in [6, 6.07) is 0. The van der Waals surface area contributed by atoms with Gasteiger partial charge in [0.25, 0.3) is 0 Å². The molecule has 0 bridgehead atoms. The highest BCUT2D eigenvalue weighted by atomic mass is 14.9. The van der Waals surface area contributed by atoms with E-state index in [2.05, 4.69) is 10.6 Å². The molecule has 0 amide bonds. The molecule has 16 N–H and O–H groups in total. The third-order valence-corrected chi connectivity index (χ3v) is 2.39. The highest BCUT2D eigenvalue weighted by Gasteiger charge is 1.81. The summed E-state index contributed by atoms with van der Waals surface area (Å²) in [7, 11) is 0. The molecule has 0 saturated carbocycles. The molecule has 0 aliphatic carbocycles. The van der Waals surface area contributed by atoms with Crippen molar-refractivity contribution in [1.29, 1.82) is 0 Å². The van der Waals surface area contributed by atoms with Crippen molar-refractivity contribution in [3.05, 3.63) is 0 Å². The van der Waals surface area contributed by atoms with Crippen LogP contribution in [0.25, 0.3) is 0 Å². The van der Waals surface area contributed by atoms with Crippen LogP contribution < -0.4 is 45.0 Å². The summed E-state index contributed by atoms with van der Waals surface area (Å²) in [6.07, 6.45) is 3.43. The van der Waals surface area contributed by atoms with Crippen LogP contribution in [0.15, 0.2) is 0 Å². The molecule has 0 saturated heterocycles. The fourth-order valence-corrected chi connectivity index (χ4v) is 1.23. The first-order valence-corrected chi connectivity index (χ1v) is 8.08. The van der Waals surface area contributed by atoms with E-state index in [1.807, 2.05) is 0 Å². The minimum atomic E-state index is 0.750. The second-order valence-electron chi connectivity index (χ2n) is 4.52. The van der Waals surface area contributed by atoms with Gasteiger partial charge in [0.2, 0.25) is 0 Å². The van der Waals surface area contributed by atoms with Gasteiger partial charge in [0.1, 0.15) is 0 Å². The second kappa shape index (κ2) is 31.9. The zero-order chi connectivity index (χ0) is 16.6. The highest BCUT2D eigenvalue weighted by molar-refractivity contribution is 4.41. The zero-order valence-electron chi connectivity index (χ0n) is 13.8. The fraction of sp³-hybridized carbons (Fsp3) is 1.00. The van der Waals surface area contributed by atoms with Crippen LogP contribution in [-0.2, 0) is 0 Å². The molecule has 0 atom stereocenters. The summed E-state index contributed by atoms with van der Waals surface area (Å²) in [6.45, 7) is 8.60. The van der Waals surface area contributed by atoms with Crippen LogP contribution in [0, 0.1) is 0 Å². The maximum absolute atomic E-state index is 5.23. The minimum Gasteiger partial charge on any atom is -0.344 e. The van der Waals surface area contributed by atoms with Gasteiger partial charge in [-0.25, -0.2) is 0 Å². The Morgan fingerprint density at radius 2 is 0.667 bits per heavy atom. The molecule has 0 fully saturated rings. The van der Waals surface area contributed by atoms with E-state index < -0.39 is 0 Å². The van der Waals surface area contributed by atoms with Gasteiger partial charge in [-0.15, -0.1) is 0 Å². The summed E-state index contributed by atoms with van der Waals surface area (Å²) in [5, 5.41) is 4.22. The molecule has 132 valence electrons. The minimum absolute atomic E-state index is 0.750. The molecule has 0 aromatic carbocycles. The Morgan fingerprint density at radius 1 is 0.381 bits per heavy atom. The van der Waals surface area contributed by atoms with Crippen molar-refractivity contribution < 1.29 is 10.6 Å². The van der Waals surface area contributed by atoms with Crippen molar-refractivity contribution >= 4 is 0 Å². The summed E-state index contributed by atoms with van der Waals surface area (Å²) in [5.74, 6) is 0. The molecule has 0 aliphatic heterocycles. The van der Waals surface area contributed by atoms with Gasteiger partial charge in [0, 0.05) is 26.2 Å². The van der Waals surface area contributed by atoms with Crippen molar-refractivity contribution in [2.75, 3.05) is 65.4 Å². The van der Waals surface area contributed by atoms with Gasteiger partial charge in [-0.2, -0.15) is 0 Å². The van der Waals surface area contributed by atoms with Gasteiger partial charge >= 0.3 is 0 Å². The topological polar surface area (TPSA) is 189 Å². The average molecular weight is 311 g/mol. The fourth-order valence-electron chi connectivity index (χ4n) is 1.23. The predicted molar refractivity (Wildman–Crippen MR) is 91.5 cm³/mol. The quantitative estimate of drug-likeness (QED) is 0.166. The number of rotatable bonds is 12. The Bertz CT molecular complexity index is 102. The third-order valence-electron chi connectivity index (χ3n) is 2.39. The van der Waals surface area contributed by atoms with E-state index in [9.17, 15) is 0 Å². The SMILES string of the molecule is NCCCCCN.NCC[NH2+]CCN.NCC[NH2+]CCN. The van der Waals surface area contributed by atoms with E-state index in [-0.39, 0.29) is 0 Å². The number of unbranched alkanes of at least 4 members (excludes halogenated alkanes) is 2. The van der Waals surface area contributed by atoms with Crippen LogP contribution in [0.4, 0.5) is 0 Å². The molecule has 0 heterocycles. The average Bonchev–Trinajstić information content (AvgIpc) is 2.50. The van der Waals surface area contributed by atoms with Crippen LogP contribution in [0.3, 0.4) is 0 Å². The number of quaternary nitrogens is 2. The smallest absolute Gasteiger partial charge is 0.0880 e. The molecule has 0 aromatic rings. The third kappa shape index (κ3) is 45.1. The van der Waals surface area contributed by atoms with Crippen molar-refractivity contribution in [3.8, 4) is 0 Å². The number of hydrogen-bond donors (Lipinski definition) is 8. The molecule has 0 rings (SSSR count). The van der Waals surface area contributed by atoms with Crippen molar-refractivity contribution in [1.82, 2.24) is 0 Å². The van der Waals surface area contributed by atoms with E-state index in [1.165, 1.54) is 6.42 Å².